The summed E-state index contributed by atoms with van der Waals surface area (Å²) in [5.41, 5.74) is -0.235. The van der Waals surface area contributed by atoms with Gasteiger partial charge in [0.2, 0.25) is 0 Å². The van der Waals surface area contributed by atoms with Crippen LogP contribution < -0.4 is 5.32 Å². The van der Waals surface area contributed by atoms with Gasteiger partial charge in [-0.15, -0.1) is 0 Å². The van der Waals surface area contributed by atoms with Crippen molar-refractivity contribution in [3.8, 4) is 0 Å². The Hall–Kier alpha value is -0.940. The van der Waals surface area contributed by atoms with Crippen molar-refractivity contribution in [1.29, 1.82) is 0 Å². The molecule has 1 aliphatic carbocycles. The first kappa shape index (κ1) is 14.5. The lowest BCUT2D eigenvalue weighted by molar-refractivity contribution is -0.00540. The molecule has 4 nitrogen and oxygen atoms in total. The fraction of sp³-hybridized carbons (Fsp3) is 0.571. The van der Waals surface area contributed by atoms with E-state index in [1.807, 2.05) is 0 Å². The molecule has 0 aromatic carbocycles. The van der Waals surface area contributed by atoms with E-state index >= 15 is 0 Å². The second-order valence-corrected chi connectivity index (χ2v) is 6.27. The van der Waals surface area contributed by atoms with Gasteiger partial charge >= 0.3 is 0 Å². The molecular formula is C14H19BrN2O2. The van der Waals surface area contributed by atoms with E-state index in [2.05, 4.69) is 33.2 Å². The number of hydrogen-bond acceptors (Lipinski definition) is 3. The van der Waals surface area contributed by atoms with Gasteiger partial charge in [0.05, 0.1) is 11.2 Å². The molecule has 1 fully saturated rings. The van der Waals surface area contributed by atoms with Gasteiger partial charge in [0, 0.05) is 12.7 Å². The molecule has 0 aliphatic heterocycles. The third kappa shape index (κ3) is 4.01. The molecule has 5 heteroatoms. The summed E-state index contributed by atoms with van der Waals surface area (Å²) in [4.78, 5) is 15.9. The van der Waals surface area contributed by atoms with Crippen molar-refractivity contribution in [3.63, 3.8) is 0 Å². The number of aromatic nitrogens is 1. The average Bonchev–Trinajstić information content (AvgIpc) is 2.41. The van der Waals surface area contributed by atoms with E-state index in [0.29, 0.717) is 22.6 Å². The first-order valence-corrected chi connectivity index (χ1v) is 7.40. The Labute approximate surface area is 121 Å². The van der Waals surface area contributed by atoms with E-state index in [0.717, 1.165) is 25.7 Å². The lowest BCUT2D eigenvalue weighted by atomic mass is 9.79. The van der Waals surface area contributed by atoms with Crippen molar-refractivity contribution in [3.05, 3.63) is 28.5 Å². The minimum Gasteiger partial charge on any atom is -0.388 e. The van der Waals surface area contributed by atoms with Crippen molar-refractivity contribution < 1.29 is 9.90 Å². The maximum atomic E-state index is 11.9. The standard InChI is InChI=1S/C14H19BrN2O2/c1-10-4-6-14(19,7-5-10)9-17-13(18)11-2-3-12(15)16-8-11/h2-3,8,10,19H,4-7,9H2,1H3,(H,17,18). The molecule has 0 saturated heterocycles. The van der Waals surface area contributed by atoms with E-state index in [1.54, 1.807) is 12.1 Å². The molecule has 2 rings (SSSR count). The van der Waals surface area contributed by atoms with Crippen LogP contribution in [0.15, 0.2) is 22.9 Å². The molecule has 0 unspecified atom stereocenters. The summed E-state index contributed by atoms with van der Waals surface area (Å²) in [6.07, 6.45) is 5.07. The maximum Gasteiger partial charge on any atom is 0.252 e. The molecule has 1 saturated carbocycles. The Kier molecular flexibility index (Phi) is 4.58. The number of nitrogens with zero attached hydrogens (tertiary/aromatic N) is 1. The Balaban J connectivity index is 1.88. The monoisotopic (exact) mass is 326 g/mol. The summed E-state index contributed by atoms with van der Waals surface area (Å²) in [7, 11) is 0. The van der Waals surface area contributed by atoms with Gasteiger partial charge in [0.1, 0.15) is 4.60 Å². The zero-order chi connectivity index (χ0) is 13.9. The van der Waals surface area contributed by atoms with Crippen LogP contribution >= 0.6 is 15.9 Å². The summed E-state index contributed by atoms with van der Waals surface area (Å²) in [6, 6.07) is 3.44. The third-order valence-electron chi connectivity index (χ3n) is 3.77. The zero-order valence-electron chi connectivity index (χ0n) is 11.0. The minimum atomic E-state index is -0.745. The molecule has 19 heavy (non-hydrogen) atoms. The predicted octanol–water partition coefficient (Wildman–Crippen LogP) is 2.52. The van der Waals surface area contributed by atoms with Crippen LogP contribution in [-0.2, 0) is 0 Å². The summed E-state index contributed by atoms with van der Waals surface area (Å²) >= 11 is 3.23. The SMILES string of the molecule is CC1CCC(O)(CNC(=O)c2ccc(Br)nc2)CC1. The van der Waals surface area contributed by atoms with Gasteiger partial charge < -0.3 is 10.4 Å². The van der Waals surface area contributed by atoms with E-state index in [4.69, 9.17) is 0 Å². The van der Waals surface area contributed by atoms with Crippen molar-refractivity contribution in [2.45, 2.75) is 38.2 Å². The highest BCUT2D eigenvalue weighted by Gasteiger charge is 2.32. The Morgan fingerprint density at radius 1 is 1.53 bits per heavy atom. The number of carbonyl (C=O) groups excluding carboxylic acids is 1. The van der Waals surface area contributed by atoms with Crippen molar-refractivity contribution in [1.82, 2.24) is 10.3 Å². The van der Waals surface area contributed by atoms with Crippen molar-refractivity contribution in [2.75, 3.05) is 6.54 Å². The van der Waals surface area contributed by atoms with Gasteiger partial charge in [-0.2, -0.15) is 0 Å². The van der Waals surface area contributed by atoms with Gasteiger partial charge in [0.15, 0.2) is 0 Å². The minimum absolute atomic E-state index is 0.188. The number of hydrogen-bond donors (Lipinski definition) is 2. The second-order valence-electron chi connectivity index (χ2n) is 5.46. The average molecular weight is 327 g/mol. The number of rotatable bonds is 3. The van der Waals surface area contributed by atoms with Gasteiger partial charge in [0.25, 0.3) is 5.91 Å². The number of halogens is 1. The number of amides is 1. The van der Waals surface area contributed by atoms with Crippen LogP contribution in [0.25, 0.3) is 0 Å². The van der Waals surface area contributed by atoms with Crippen LogP contribution in [0.5, 0.6) is 0 Å². The van der Waals surface area contributed by atoms with Gasteiger partial charge in [-0.1, -0.05) is 6.92 Å². The van der Waals surface area contributed by atoms with E-state index in [1.165, 1.54) is 6.20 Å². The Bertz CT molecular complexity index is 439. The third-order valence-corrected chi connectivity index (χ3v) is 4.24. The Morgan fingerprint density at radius 2 is 2.21 bits per heavy atom. The molecule has 0 spiro atoms. The summed E-state index contributed by atoms with van der Waals surface area (Å²) in [5.74, 6) is 0.485. The molecule has 1 heterocycles. The number of carbonyl (C=O) groups is 1. The van der Waals surface area contributed by atoms with Crippen LogP contribution in [0.3, 0.4) is 0 Å². The first-order valence-electron chi connectivity index (χ1n) is 6.61. The van der Waals surface area contributed by atoms with Crippen molar-refractivity contribution in [2.24, 2.45) is 5.92 Å². The summed E-state index contributed by atoms with van der Waals surface area (Å²) in [6.45, 7) is 2.51. The zero-order valence-corrected chi connectivity index (χ0v) is 12.6. The van der Waals surface area contributed by atoms with Crippen LogP contribution in [0.2, 0.25) is 0 Å². The highest BCUT2D eigenvalue weighted by molar-refractivity contribution is 9.10. The summed E-state index contributed by atoms with van der Waals surface area (Å²) < 4.78 is 0.698. The fourth-order valence-corrected chi connectivity index (χ4v) is 2.57. The van der Waals surface area contributed by atoms with Gasteiger partial charge in [-0.25, -0.2) is 4.98 Å². The molecule has 0 bridgehead atoms. The highest BCUT2D eigenvalue weighted by atomic mass is 79.9. The maximum absolute atomic E-state index is 11.9. The van der Waals surface area contributed by atoms with Crippen LogP contribution in [0.1, 0.15) is 43.0 Å². The molecule has 2 N–H and O–H groups in total. The summed E-state index contributed by atoms with van der Waals surface area (Å²) in [5, 5.41) is 13.2. The molecule has 0 atom stereocenters. The smallest absolute Gasteiger partial charge is 0.252 e. The van der Waals surface area contributed by atoms with Crippen LogP contribution in [0, 0.1) is 5.92 Å². The van der Waals surface area contributed by atoms with E-state index < -0.39 is 5.60 Å². The van der Waals surface area contributed by atoms with Crippen LogP contribution in [-0.4, -0.2) is 28.1 Å². The Morgan fingerprint density at radius 3 is 2.79 bits per heavy atom. The highest BCUT2D eigenvalue weighted by Crippen LogP contribution is 2.31. The van der Waals surface area contributed by atoms with Gasteiger partial charge in [-0.3, -0.25) is 4.79 Å². The lowest BCUT2D eigenvalue weighted by Crippen LogP contribution is -2.45. The lowest BCUT2D eigenvalue weighted by Gasteiger charge is -2.34. The molecule has 1 amide bonds. The number of aliphatic hydroxyl groups is 1. The quantitative estimate of drug-likeness (QED) is 0.839. The number of nitrogens with one attached hydrogen (secondary N) is 1. The molecule has 1 aliphatic rings. The second kappa shape index (κ2) is 6.01. The van der Waals surface area contributed by atoms with Crippen molar-refractivity contribution >= 4 is 21.8 Å². The molecular weight excluding hydrogens is 308 g/mol. The van der Waals surface area contributed by atoms with Gasteiger partial charge in [-0.05, 0) is 59.7 Å². The fourth-order valence-electron chi connectivity index (χ4n) is 2.33. The molecule has 104 valence electrons. The van der Waals surface area contributed by atoms with Crippen LogP contribution in [0.4, 0.5) is 0 Å². The molecule has 1 aromatic heterocycles. The van der Waals surface area contributed by atoms with E-state index in [-0.39, 0.29) is 5.91 Å². The predicted molar refractivity (Wildman–Crippen MR) is 76.9 cm³/mol. The topological polar surface area (TPSA) is 62.2 Å². The molecule has 0 radical (unpaired) electrons. The molecule has 1 aromatic rings. The largest absolute Gasteiger partial charge is 0.388 e. The number of pyridine rings is 1. The first-order chi connectivity index (χ1) is 8.98. The van der Waals surface area contributed by atoms with E-state index in [9.17, 15) is 9.90 Å². The normalized spacial score (nSPS) is 27.0.